The summed E-state index contributed by atoms with van der Waals surface area (Å²) in [4.78, 5) is 11.1. The van der Waals surface area contributed by atoms with E-state index in [4.69, 9.17) is 0 Å². The van der Waals surface area contributed by atoms with E-state index in [1.54, 1.807) is 0 Å². The molecular formula is C10H14BrN3S. The molecule has 0 amide bonds. The van der Waals surface area contributed by atoms with Crippen molar-refractivity contribution in [1.82, 2.24) is 9.97 Å². The van der Waals surface area contributed by atoms with Crippen LogP contribution in [0, 0.1) is 6.92 Å². The van der Waals surface area contributed by atoms with Gasteiger partial charge < -0.3 is 4.90 Å². The summed E-state index contributed by atoms with van der Waals surface area (Å²) in [7, 11) is 0. The van der Waals surface area contributed by atoms with Gasteiger partial charge in [0.15, 0.2) is 0 Å². The molecule has 15 heavy (non-hydrogen) atoms. The van der Waals surface area contributed by atoms with Crippen LogP contribution in [-0.4, -0.2) is 39.4 Å². The van der Waals surface area contributed by atoms with Crippen LogP contribution in [0.2, 0.25) is 0 Å². The minimum atomic E-state index is 0.519. The van der Waals surface area contributed by atoms with E-state index >= 15 is 0 Å². The van der Waals surface area contributed by atoms with Gasteiger partial charge in [0.1, 0.15) is 0 Å². The summed E-state index contributed by atoms with van der Waals surface area (Å²) in [5.41, 5.74) is 1.03. The Morgan fingerprint density at radius 1 is 1.67 bits per heavy atom. The highest BCUT2D eigenvalue weighted by Crippen LogP contribution is 2.21. The van der Waals surface area contributed by atoms with Gasteiger partial charge in [-0.15, -0.1) is 0 Å². The molecule has 0 bridgehead atoms. The SMILES string of the molecule is Cc1ccnc(N2CCSCC2CBr)n1. The molecule has 1 aromatic rings. The van der Waals surface area contributed by atoms with Gasteiger partial charge >= 0.3 is 0 Å². The average Bonchev–Trinajstić information content (AvgIpc) is 2.29. The van der Waals surface area contributed by atoms with Crippen molar-refractivity contribution in [2.24, 2.45) is 0 Å². The predicted octanol–water partition coefficient (Wildman–Crippen LogP) is 2.10. The number of thioether (sulfide) groups is 1. The molecule has 1 aliphatic rings. The monoisotopic (exact) mass is 287 g/mol. The quantitative estimate of drug-likeness (QED) is 0.779. The molecule has 0 aliphatic carbocycles. The molecule has 0 N–H and O–H groups in total. The Kier molecular flexibility index (Phi) is 3.86. The Balaban J connectivity index is 2.20. The van der Waals surface area contributed by atoms with Crippen LogP contribution in [0.25, 0.3) is 0 Å². The van der Waals surface area contributed by atoms with Crippen molar-refractivity contribution in [3.05, 3.63) is 18.0 Å². The van der Waals surface area contributed by atoms with Gasteiger partial charge in [-0.3, -0.25) is 0 Å². The van der Waals surface area contributed by atoms with E-state index in [1.807, 2.05) is 30.9 Å². The largest absolute Gasteiger partial charge is 0.335 e. The lowest BCUT2D eigenvalue weighted by atomic mass is 10.3. The molecule has 1 atom stereocenters. The van der Waals surface area contributed by atoms with Gasteiger partial charge in [0.25, 0.3) is 0 Å². The standard InChI is InChI=1S/C10H14BrN3S/c1-8-2-3-12-10(13-8)14-4-5-15-7-9(14)6-11/h2-3,9H,4-7H2,1H3. The number of rotatable bonds is 2. The molecule has 0 radical (unpaired) electrons. The van der Waals surface area contributed by atoms with Crippen molar-refractivity contribution in [3.63, 3.8) is 0 Å². The van der Waals surface area contributed by atoms with Crippen molar-refractivity contribution in [2.75, 3.05) is 28.3 Å². The van der Waals surface area contributed by atoms with Gasteiger partial charge in [0.05, 0.1) is 6.04 Å². The second kappa shape index (κ2) is 5.16. The van der Waals surface area contributed by atoms with Gasteiger partial charge in [-0.05, 0) is 13.0 Å². The fourth-order valence-corrected chi connectivity index (χ4v) is 3.56. The van der Waals surface area contributed by atoms with Gasteiger partial charge in [-0.25, -0.2) is 9.97 Å². The van der Waals surface area contributed by atoms with Crippen LogP contribution in [0.3, 0.4) is 0 Å². The summed E-state index contributed by atoms with van der Waals surface area (Å²) in [6.45, 7) is 3.05. The van der Waals surface area contributed by atoms with E-state index in [-0.39, 0.29) is 0 Å². The first kappa shape index (κ1) is 11.2. The smallest absolute Gasteiger partial charge is 0.225 e. The third-order valence-corrected chi connectivity index (χ3v) is 4.28. The summed E-state index contributed by atoms with van der Waals surface area (Å²) < 4.78 is 0. The van der Waals surface area contributed by atoms with Crippen molar-refractivity contribution in [2.45, 2.75) is 13.0 Å². The molecule has 2 heterocycles. The fraction of sp³-hybridized carbons (Fsp3) is 0.600. The van der Waals surface area contributed by atoms with Crippen LogP contribution in [-0.2, 0) is 0 Å². The Hall–Kier alpha value is -0.290. The minimum Gasteiger partial charge on any atom is -0.335 e. The Morgan fingerprint density at radius 2 is 2.53 bits per heavy atom. The maximum atomic E-state index is 4.48. The summed E-state index contributed by atoms with van der Waals surface area (Å²) in [6.07, 6.45) is 1.84. The highest BCUT2D eigenvalue weighted by Gasteiger charge is 2.23. The highest BCUT2D eigenvalue weighted by molar-refractivity contribution is 9.09. The number of aromatic nitrogens is 2. The van der Waals surface area contributed by atoms with Crippen LogP contribution < -0.4 is 4.90 Å². The van der Waals surface area contributed by atoms with Crippen molar-refractivity contribution in [1.29, 1.82) is 0 Å². The van der Waals surface area contributed by atoms with Gasteiger partial charge in [-0.1, -0.05) is 15.9 Å². The molecule has 1 fully saturated rings. The van der Waals surface area contributed by atoms with Gasteiger partial charge in [-0.2, -0.15) is 11.8 Å². The number of alkyl halides is 1. The van der Waals surface area contributed by atoms with Crippen molar-refractivity contribution in [3.8, 4) is 0 Å². The zero-order valence-corrected chi connectivity index (χ0v) is 11.1. The normalized spacial score (nSPS) is 21.7. The Morgan fingerprint density at radius 3 is 3.27 bits per heavy atom. The topological polar surface area (TPSA) is 29.0 Å². The number of aryl methyl sites for hydroxylation is 1. The first-order valence-corrected chi connectivity index (χ1v) is 7.29. The molecular weight excluding hydrogens is 274 g/mol. The minimum absolute atomic E-state index is 0.519. The average molecular weight is 288 g/mol. The molecule has 0 saturated carbocycles. The number of nitrogens with zero attached hydrogens (tertiary/aromatic N) is 3. The molecule has 2 rings (SSSR count). The molecule has 3 nitrogen and oxygen atoms in total. The number of anilines is 1. The summed E-state index contributed by atoms with van der Waals surface area (Å²) in [6, 6.07) is 2.45. The summed E-state index contributed by atoms with van der Waals surface area (Å²) >= 11 is 5.56. The Bertz CT molecular complexity index is 334. The predicted molar refractivity (Wildman–Crippen MR) is 69.0 cm³/mol. The maximum absolute atomic E-state index is 4.48. The highest BCUT2D eigenvalue weighted by atomic mass is 79.9. The van der Waals surface area contributed by atoms with E-state index in [9.17, 15) is 0 Å². The zero-order valence-electron chi connectivity index (χ0n) is 8.69. The first-order valence-electron chi connectivity index (χ1n) is 5.01. The van der Waals surface area contributed by atoms with E-state index in [0.717, 1.165) is 29.3 Å². The van der Waals surface area contributed by atoms with E-state index in [0.29, 0.717) is 6.04 Å². The van der Waals surface area contributed by atoms with Crippen molar-refractivity contribution < 1.29 is 0 Å². The molecule has 1 aromatic heterocycles. The van der Waals surface area contributed by atoms with Crippen LogP contribution in [0.5, 0.6) is 0 Å². The van der Waals surface area contributed by atoms with Crippen LogP contribution in [0.4, 0.5) is 5.95 Å². The van der Waals surface area contributed by atoms with Crippen LogP contribution >= 0.6 is 27.7 Å². The molecule has 5 heteroatoms. The zero-order chi connectivity index (χ0) is 10.7. The third-order valence-electron chi connectivity index (χ3n) is 2.44. The number of hydrogen-bond acceptors (Lipinski definition) is 4. The molecule has 1 saturated heterocycles. The number of hydrogen-bond donors (Lipinski definition) is 0. The van der Waals surface area contributed by atoms with Gasteiger partial charge in [0, 0.05) is 35.3 Å². The Labute approximate surface area is 103 Å². The van der Waals surface area contributed by atoms with Crippen LogP contribution in [0.15, 0.2) is 12.3 Å². The molecule has 1 unspecified atom stereocenters. The molecule has 0 aromatic carbocycles. The van der Waals surface area contributed by atoms with Crippen molar-refractivity contribution >= 4 is 33.6 Å². The van der Waals surface area contributed by atoms with E-state index in [2.05, 4.69) is 30.8 Å². The number of halogens is 1. The lowest BCUT2D eigenvalue weighted by Crippen LogP contribution is -2.44. The summed E-state index contributed by atoms with van der Waals surface area (Å²) in [5, 5.41) is 0.983. The summed E-state index contributed by atoms with van der Waals surface area (Å²) in [5.74, 6) is 3.20. The lowest BCUT2D eigenvalue weighted by molar-refractivity contribution is 0.686. The van der Waals surface area contributed by atoms with Crippen LogP contribution in [0.1, 0.15) is 5.69 Å². The van der Waals surface area contributed by atoms with E-state index in [1.165, 1.54) is 5.75 Å². The lowest BCUT2D eigenvalue weighted by Gasteiger charge is -2.34. The maximum Gasteiger partial charge on any atom is 0.225 e. The third kappa shape index (κ3) is 2.64. The van der Waals surface area contributed by atoms with Gasteiger partial charge in [0.2, 0.25) is 5.95 Å². The molecule has 0 spiro atoms. The van der Waals surface area contributed by atoms with E-state index < -0.39 is 0 Å². The first-order chi connectivity index (χ1) is 7.31. The second-order valence-corrected chi connectivity index (χ2v) is 5.37. The second-order valence-electron chi connectivity index (χ2n) is 3.57. The molecule has 1 aliphatic heterocycles. The molecule has 82 valence electrons. The fourth-order valence-electron chi connectivity index (χ4n) is 1.62.